The van der Waals surface area contributed by atoms with Crippen LogP contribution in [0, 0.1) is 13.8 Å². The summed E-state index contributed by atoms with van der Waals surface area (Å²) in [7, 11) is 5.47. The Morgan fingerprint density at radius 1 is 1.16 bits per heavy atom. The lowest BCUT2D eigenvalue weighted by Crippen LogP contribution is -2.30. The molecule has 19 heavy (non-hydrogen) atoms. The van der Waals surface area contributed by atoms with Crippen LogP contribution in [0.3, 0.4) is 0 Å². The second-order valence-corrected chi connectivity index (χ2v) is 5.69. The minimum atomic E-state index is -0.145. The minimum absolute atomic E-state index is 0.145. The van der Waals surface area contributed by atoms with Gasteiger partial charge in [0.15, 0.2) is 0 Å². The van der Waals surface area contributed by atoms with E-state index in [1.165, 1.54) is 16.7 Å². The van der Waals surface area contributed by atoms with Gasteiger partial charge in [-0.15, -0.1) is 0 Å². The molecular weight excluding hydrogens is 238 g/mol. The van der Waals surface area contributed by atoms with Crippen molar-refractivity contribution in [1.29, 1.82) is 0 Å². The third-order valence-electron chi connectivity index (χ3n) is 3.76. The summed E-state index contributed by atoms with van der Waals surface area (Å²) in [4.78, 5) is 0. The van der Waals surface area contributed by atoms with E-state index < -0.39 is 0 Å². The molecule has 1 aromatic rings. The van der Waals surface area contributed by atoms with Gasteiger partial charge < -0.3 is 14.8 Å². The molecule has 0 aliphatic carbocycles. The first-order chi connectivity index (χ1) is 8.84. The number of ether oxygens (including phenoxy) is 2. The van der Waals surface area contributed by atoms with Crippen LogP contribution >= 0.6 is 0 Å². The van der Waals surface area contributed by atoms with Gasteiger partial charge in [-0.1, -0.05) is 6.07 Å². The van der Waals surface area contributed by atoms with Crippen LogP contribution in [0.1, 0.15) is 43.0 Å². The second-order valence-electron chi connectivity index (χ2n) is 5.69. The van der Waals surface area contributed by atoms with E-state index in [1.807, 2.05) is 7.05 Å². The third kappa shape index (κ3) is 3.95. The average molecular weight is 265 g/mol. The standard InChI is InChI=1S/C16H27NO2/c1-11-9-15(18-6)12(2)8-13(11)14(17-5)10-16(3,4)19-7/h8-9,14,17H,10H2,1-7H3. The van der Waals surface area contributed by atoms with E-state index in [9.17, 15) is 0 Å². The molecule has 3 nitrogen and oxygen atoms in total. The van der Waals surface area contributed by atoms with Crippen LogP contribution in [0.2, 0.25) is 0 Å². The quantitative estimate of drug-likeness (QED) is 0.855. The summed E-state index contributed by atoms with van der Waals surface area (Å²) < 4.78 is 10.9. The van der Waals surface area contributed by atoms with Crippen LogP contribution in [0.15, 0.2) is 12.1 Å². The van der Waals surface area contributed by atoms with E-state index in [4.69, 9.17) is 9.47 Å². The van der Waals surface area contributed by atoms with Gasteiger partial charge in [-0.2, -0.15) is 0 Å². The number of rotatable bonds is 6. The van der Waals surface area contributed by atoms with E-state index in [0.29, 0.717) is 0 Å². The molecule has 0 heterocycles. The number of nitrogens with one attached hydrogen (secondary N) is 1. The summed E-state index contributed by atoms with van der Waals surface area (Å²) in [5, 5.41) is 3.39. The Bertz CT molecular complexity index is 427. The van der Waals surface area contributed by atoms with Gasteiger partial charge in [0.2, 0.25) is 0 Å². The van der Waals surface area contributed by atoms with Gasteiger partial charge in [0.05, 0.1) is 12.7 Å². The maximum Gasteiger partial charge on any atom is 0.122 e. The van der Waals surface area contributed by atoms with Crippen molar-refractivity contribution in [2.24, 2.45) is 0 Å². The largest absolute Gasteiger partial charge is 0.496 e. The van der Waals surface area contributed by atoms with Gasteiger partial charge in [0.25, 0.3) is 0 Å². The topological polar surface area (TPSA) is 30.5 Å². The van der Waals surface area contributed by atoms with E-state index in [2.05, 4.69) is 45.1 Å². The molecule has 0 aliphatic heterocycles. The molecule has 0 amide bonds. The van der Waals surface area contributed by atoms with Crippen LogP contribution in [-0.2, 0) is 4.74 Å². The van der Waals surface area contributed by atoms with Gasteiger partial charge in [-0.25, -0.2) is 0 Å². The van der Waals surface area contributed by atoms with E-state index in [-0.39, 0.29) is 11.6 Å². The summed E-state index contributed by atoms with van der Waals surface area (Å²) in [6, 6.07) is 4.59. The number of hydrogen-bond acceptors (Lipinski definition) is 3. The lowest BCUT2D eigenvalue weighted by Gasteiger charge is -2.30. The molecule has 1 atom stereocenters. The monoisotopic (exact) mass is 265 g/mol. The number of hydrogen-bond donors (Lipinski definition) is 1. The van der Waals surface area contributed by atoms with Crippen LogP contribution in [0.4, 0.5) is 0 Å². The number of benzene rings is 1. The number of aryl methyl sites for hydroxylation is 2. The van der Waals surface area contributed by atoms with Gasteiger partial charge in [-0.05, 0) is 63.9 Å². The fourth-order valence-corrected chi connectivity index (χ4v) is 2.35. The highest BCUT2D eigenvalue weighted by Gasteiger charge is 2.24. The third-order valence-corrected chi connectivity index (χ3v) is 3.76. The molecular formula is C16H27NO2. The van der Waals surface area contributed by atoms with Crippen molar-refractivity contribution >= 4 is 0 Å². The first kappa shape index (κ1) is 16.0. The zero-order valence-corrected chi connectivity index (χ0v) is 13.3. The van der Waals surface area contributed by atoms with Gasteiger partial charge >= 0.3 is 0 Å². The maximum absolute atomic E-state index is 5.54. The van der Waals surface area contributed by atoms with Gasteiger partial charge in [-0.3, -0.25) is 0 Å². The SMILES string of the molecule is CNC(CC(C)(C)OC)c1cc(C)c(OC)cc1C. The average Bonchev–Trinajstić information content (AvgIpc) is 2.38. The van der Waals surface area contributed by atoms with Crippen molar-refractivity contribution in [1.82, 2.24) is 5.32 Å². The van der Waals surface area contributed by atoms with Crippen LogP contribution < -0.4 is 10.1 Å². The molecule has 0 bridgehead atoms. The Morgan fingerprint density at radius 3 is 2.26 bits per heavy atom. The zero-order chi connectivity index (χ0) is 14.6. The summed E-state index contributed by atoms with van der Waals surface area (Å²) in [5.41, 5.74) is 3.58. The van der Waals surface area contributed by atoms with Crippen LogP contribution in [0.25, 0.3) is 0 Å². The van der Waals surface area contributed by atoms with Crippen molar-refractivity contribution in [3.05, 3.63) is 28.8 Å². The van der Waals surface area contributed by atoms with Gasteiger partial charge in [0, 0.05) is 13.2 Å². The predicted molar refractivity (Wildman–Crippen MR) is 80.0 cm³/mol. The molecule has 108 valence electrons. The fourth-order valence-electron chi connectivity index (χ4n) is 2.35. The Labute approximate surface area is 117 Å². The van der Waals surface area contributed by atoms with E-state index in [0.717, 1.165) is 12.2 Å². The van der Waals surface area contributed by atoms with Crippen molar-refractivity contribution in [3.8, 4) is 5.75 Å². The summed E-state index contributed by atoms with van der Waals surface area (Å²) in [6.45, 7) is 8.43. The molecule has 0 aromatic heterocycles. The summed E-state index contributed by atoms with van der Waals surface area (Å²) in [6.07, 6.45) is 0.923. The first-order valence-electron chi connectivity index (χ1n) is 6.72. The van der Waals surface area contributed by atoms with Crippen molar-refractivity contribution in [2.75, 3.05) is 21.3 Å². The maximum atomic E-state index is 5.54. The Morgan fingerprint density at radius 2 is 1.79 bits per heavy atom. The predicted octanol–water partition coefficient (Wildman–Crippen LogP) is 3.39. The highest BCUT2D eigenvalue weighted by Crippen LogP contribution is 2.31. The molecule has 1 aromatic carbocycles. The molecule has 0 saturated carbocycles. The van der Waals surface area contributed by atoms with Crippen molar-refractivity contribution in [2.45, 2.75) is 45.8 Å². The molecule has 0 spiro atoms. The zero-order valence-electron chi connectivity index (χ0n) is 13.3. The smallest absolute Gasteiger partial charge is 0.122 e. The summed E-state index contributed by atoms with van der Waals surface area (Å²) >= 11 is 0. The fraction of sp³-hybridized carbons (Fsp3) is 0.625. The van der Waals surface area contributed by atoms with Gasteiger partial charge in [0.1, 0.15) is 5.75 Å². The van der Waals surface area contributed by atoms with Crippen molar-refractivity contribution in [3.63, 3.8) is 0 Å². The lowest BCUT2D eigenvalue weighted by atomic mass is 9.90. The first-order valence-corrected chi connectivity index (χ1v) is 6.72. The molecule has 1 unspecified atom stereocenters. The molecule has 1 N–H and O–H groups in total. The lowest BCUT2D eigenvalue weighted by molar-refractivity contribution is 0.00739. The Balaban J connectivity index is 3.09. The Kier molecular flexibility index (Phi) is 5.39. The molecule has 3 heteroatoms. The highest BCUT2D eigenvalue weighted by molar-refractivity contribution is 5.43. The van der Waals surface area contributed by atoms with E-state index >= 15 is 0 Å². The minimum Gasteiger partial charge on any atom is -0.496 e. The number of methoxy groups -OCH3 is 2. The molecule has 1 rings (SSSR count). The molecule has 0 aliphatic rings. The highest BCUT2D eigenvalue weighted by atomic mass is 16.5. The molecule has 0 saturated heterocycles. The van der Waals surface area contributed by atoms with Crippen LogP contribution in [-0.4, -0.2) is 26.9 Å². The second kappa shape index (κ2) is 6.40. The molecule has 0 fully saturated rings. The Hall–Kier alpha value is -1.06. The summed E-state index contributed by atoms with van der Waals surface area (Å²) in [5.74, 6) is 0.946. The van der Waals surface area contributed by atoms with Crippen LogP contribution in [0.5, 0.6) is 5.75 Å². The van der Waals surface area contributed by atoms with E-state index in [1.54, 1.807) is 14.2 Å². The normalized spacial score (nSPS) is 13.4. The molecule has 0 radical (unpaired) electrons. The van der Waals surface area contributed by atoms with Crippen molar-refractivity contribution < 1.29 is 9.47 Å².